The number of carbonyl (C=O) groups is 2. The van der Waals surface area contributed by atoms with Crippen molar-refractivity contribution in [3.05, 3.63) is 70.2 Å². The van der Waals surface area contributed by atoms with Gasteiger partial charge in [-0.25, -0.2) is 4.98 Å². The van der Waals surface area contributed by atoms with Crippen molar-refractivity contribution in [1.29, 1.82) is 0 Å². The molecular weight excluding hydrogens is 402 g/mol. The fourth-order valence-corrected chi connectivity index (χ4v) is 4.03. The SMILES string of the molecule is Cc1oc(-c2ccccc2)nc1CCC(O)c1ccc(/C=C2/SC(=O)NC2=O)n1C. The van der Waals surface area contributed by atoms with Crippen molar-refractivity contribution in [3.63, 3.8) is 0 Å². The molecule has 0 aliphatic carbocycles. The largest absolute Gasteiger partial charge is 0.441 e. The molecule has 1 atom stereocenters. The van der Waals surface area contributed by atoms with Crippen LogP contribution in [0.4, 0.5) is 4.79 Å². The van der Waals surface area contributed by atoms with Gasteiger partial charge in [0.15, 0.2) is 0 Å². The van der Waals surface area contributed by atoms with Crippen LogP contribution in [0, 0.1) is 6.92 Å². The zero-order valence-corrected chi connectivity index (χ0v) is 17.4. The molecule has 1 unspecified atom stereocenters. The molecule has 0 radical (unpaired) electrons. The first-order valence-corrected chi connectivity index (χ1v) is 10.3. The Labute approximate surface area is 177 Å². The first-order chi connectivity index (χ1) is 14.4. The van der Waals surface area contributed by atoms with E-state index in [4.69, 9.17) is 4.42 Å². The molecule has 2 amide bonds. The second-order valence-electron chi connectivity index (χ2n) is 7.04. The third-order valence-electron chi connectivity index (χ3n) is 5.03. The maximum Gasteiger partial charge on any atom is 0.290 e. The highest BCUT2D eigenvalue weighted by Crippen LogP contribution is 2.28. The summed E-state index contributed by atoms with van der Waals surface area (Å²) in [4.78, 5) is 28.0. The molecule has 8 heteroatoms. The van der Waals surface area contributed by atoms with Gasteiger partial charge in [-0.2, -0.15) is 0 Å². The molecule has 3 heterocycles. The second kappa shape index (κ2) is 8.33. The van der Waals surface area contributed by atoms with Gasteiger partial charge >= 0.3 is 0 Å². The summed E-state index contributed by atoms with van der Waals surface area (Å²) in [5.41, 5.74) is 3.20. The normalized spacial score (nSPS) is 16.3. The van der Waals surface area contributed by atoms with E-state index in [2.05, 4.69) is 10.3 Å². The number of thioether (sulfide) groups is 1. The lowest BCUT2D eigenvalue weighted by Gasteiger charge is -2.12. The van der Waals surface area contributed by atoms with Crippen LogP contribution in [0.2, 0.25) is 0 Å². The Kier molecular flexibility index (Phi) is 5.61. The lowest BCUT2D eigenvalue weighted by atomic mass is 10.1. The van der Waals surface area contributed by atoms with Crippen molar-refractivity contribution < 1.29 is 19.1 Å². The van der Waals surface area contributed by atoms with E-state index in [1.807, 2.05) is 61.0 Å². The van der Waals surface area contributed by atoms with E-state index < -0.39 is 12.0 Å². The van der Waals surface area contributed by atoms with Gasteiger partial charge in [0.2, 0.25) is 5.89 Å². The molecule has 1 fully saturated rings. The first-order valence-electron chi connectivity index (χ1n) is 9.52. The van der Waals surface area contributed by atoms with Gasteiger partial charge in [-0.1, -0.05) is 18.2 Å². The number of carbonyl (C=O) groups excluding carboxylic acids is 2. The Hall–Kier alpha value is -3.10. The molecule has 1 saturated heterocycles. The van der Waals surface area contributed by atoms with Crippen molar-refractivity contribution in [2.75, 3.05) is 0 Å². The van der Waals surface area contributed by atoms with Crippen molar-refractivity contribution in [3.8, 4) is 11.5 Å². The smallest absolute Gasteiger partial charge is 0.290 e. The van der Waals surface area contributed by atoms with E-state index in [0.717, 1.165) is 40.2 Å². The third kappa shape index (κ3) is 4.10. The molecule has 3 aromatic rings. The molecule has 0 spiro atoms. The molecule has 1 aromatic carbocycles. The molecule has 7 nitrogen and oxygen atoms in total. The highest BCUT2D eigenvalue weighted by atomic mass is 32.2. The Morgan fingerprint density at radius 3 is 2.70 bits per heavy atom. The van der Waals surface area contributed by atoms with E-state index >= 15 is 0 Å². The zero-order chi connectivity index (χ0) is 21.3. The van der Waals surface area contributed by atoms with Gasteiger partial charge in [0.25, 0.3) is 11.1 Å². The van der Waals surface area contributed by atoms with E-state index in [0.29, 0.717) is 23.6 Å². The topological polar surface area (TPSA) is 97.4 Å². The van der Waals surface area contributed by atoms with Crippen LogP contribution >= 0.6 is 11.8 Å². The van der Waals surface area contributed by atoms with E-state index in [1.165, 1.54) is 0 Å². The average molecular weight is 423 g/mol. The zero-order valence-electron chi connectivity index (χ0n) is 16.6. The third-order valence-corrected chi connectivity index (χ3v) is 5.84. The van der Waals surface area contributed by atoms with Crippen LogP contribution < -0.4 is 5.32 Å². The van der Waals surface area contributed by atoms with Crippen LogP contribution in [-0.4, -0.2) is 25.8 Å². The lowest BCUT2D eigenvalue weighted by Crippen LogP contribution is -2.17. The van der Waals surface area contributed by atoms with Gasteiger partial charge in [0.05, 0.1) is 16.7 Å². The van der Waals surface area contributed by atoms with Crippen LogP contribution in [0.1, 0.15) is 35.4 Å². The second-order valence-corrected chi connectivity index (χ2v) is 8.05. The number of hydrogen-bond acceptors (Lipinski definition) is 6. The van der Waals surface area contributed by atoms with Crippen LogP contribution in [0.25, 0.3) is 17.5 Å². The number of amides is 2. The molecule has 2 N–H and O–H groups in total. The highest BCUT2D eigenvalue weighted by molar-refractivity contribution is 8.18. The van der Waals surface area contributed by atoms with E-state index in [9.17, 15) is 14.7 Å². The molecule has 1 aliphatic rings. The molecular formula is C22H21N3O4S. The quantitative estimate of drug-likeness (QED) is 0.582. The minimum absolute atomic E-state index is 0.342. The molecule has 2 aromatic heterocycles. The summed E-state index contributed by atoms with van der Waals surface area (Å²) in [6.07, 6.45) is 1.99. The van der Waals surface area contributed by atoms with E-state index in [-0.39, 0.29) is 5.24 Å². The Bertz CT molecular complexity index is 1130. The fourth-order valence-electron chi connectivity index (χ4n) is 3.36. The van der Waals surface area contributed by atoms with Crippen molar-refractivity contribution >= 4 is 29.0 Å². The number of nitrogens with zero attached hydrogens (tertiary/aromatic N) is 2. The molecule has 0 saturated carbocycles. The summed E-state index contributed by atoms with van der Waals surface area (Å²) in [5.74, 6) is 0.920. The predicted octanol–water partition coefficient (Wildman–Crippen LogP) is 3.98. The van der Waals surface area contributed by atoms with Crippen molar-refractivity contribution in [2.45, 2.75) is 25.9 Å². The monoisotopic (exact) mass is 423 g/mol. The fraction of sp³-hybridized carbons (Fsp3) is 0.227. The number of aliphatic hydroxyl groups excluding tert-OH is 1. The molecule has 30 heavy (non-hydrogen) atoms. The van der Waals surface area contributed by atoms with Crippen LogP contribution in [0.3, 0.4) is 0 Å². The maximum absolute atomic E-state index is 11.7. The van der Waals surface area contributed by atoms with Gasteiger partial charge in [-0.15, -0.1) is 0 Å². The van der Waals surface area contributed by atoms with Crippen LogP contribution in [0.15, 0.2) is 51.8 Å². The number of aromatic nitrogens is 2. The van der Waals surface area contributed by atoms with Crippen LogP contribution in [-0.2, 0) is 18.3 Å². The first kappa shape index (κ1) is 20.2. The molecule has 154 valence electrons. The number of hydrogen-bond donors (Lipinski definition) is 2. The number of aryl methyl sites for hydroxylation is 2. The summed E-state index contributed by atoms with van der Waals surface area (Å²) >= 11 is 0.871. The number of imide groups is 1. The highest BCUT2D eigenvalue weighted by Gasteiger charge is 2.25. The van der Waals surface area contributed by atoms with Crippen molar-refractivity contribution in [1.82, 2.24) is 14.9 Å². The summed E-state index contributed by atoms with van der Waals surface area (Å²) in [6, 6.07) is 13.3. The van der Waals surface area contributed by atoms with Crippen LogP contribution in [0.5, 0.6) is 0 Å². The minimum atomic E-state index is -0.704. The lowest BCUT2D eigenvalue weighted by molar-refractivity contribution is -0.115. The molecule has 4 rings (SSSR count). The number of aliphatic hydroxyl groups is 1. The Balaban J connectivity index is 1.45. The van der Waals surface area contributed by atoms with Gasteiger partial charge < -0.3 is 14.1 Å². The summed E-state index contributed by atoms with van der Waals surface area (Å²) < 4.78 is 7.61. The standard InChI is InChI=1S/C22H21N3O4S/c1-13-16(23-21(29-13)14-6-4-3-5-7-14)9-11-18(26)17-10-8-15(25(17)2)12-19-20(27)24-22(28)30-19/h3-8,10,12,18,26H,9,11H2,1-2H3,(H,24,27,28)/b19-12+. The predicted molar refractivity (Wildman–Crippen MR) is 114 cm³/mol. The average Bonchev–Trinajstić information content (AvgIpc) is 3.38. The Morgan fingerprint density at radius 2 is 2.00 bits per heavy atom. The number of oxazole rings is 1. The van der Waals surface area contributed by atoms with E-state index in [1.54, 1.807) is 6.08 Å². The van der Waals surface area contributed by atoms with Crippen molar-refractivity contribution in [2.24, 2.45) is 7.05 Å². The van der Waals surface area contributed by atoms with Gasteiger partial charge in [0.1, 0.15) is 5.76 Å². The summed E-state index contributed by atoms with van der Waals surface area (Å²) in [7, 11) is 1.82. The van der Waals surface area contributed by atoms with Gasteiger partial charge in [-0.3, -0.25) is 14.9 Å². The van der Waals surface area contributed by atoms with Gasteiger partial charge in [0, 0.05) is 24.0 Å². The maximum atomic E-state index is 11.7. The number of rotatable bonds is 6. The summed E-state index contributed by atoms with van der Waals surface area (Å²) in [5, 5.41) is 12.6. The molecule has 0 bridgehead atoms. The number of nitrogens with one attached hydrogen (secondary N) is 1. The number of benzene rings is 1. The Morgan fingerprint density at radius 1 is 1.23 bits per heavy atom. The summed E-state index contributed by atoms with van der Waals surface area (Å²) in [6.45, 7) is 1.87. The molecule has 1 aliphatic heterocycles. The minimum Gasteiger partial charge on any atom is -0.441 e. The van der Waals surface area contributed by atoms with Gasteiger partial charge in [-0.05, 0) is 61.9 Å².